The van der Waals surface area contributed by atoms with Crippen LogP contribution in [0.2, 0.25) is 0 Å². The number of allylic oxidation sites excluding steroid dienone is 18. The number of ether oxygens (including phenoxy) is 2. The molecule has 0 aliphatic rings. The Bertz CT molecular complexity index is 1590. The highest BCUT2D eigenvalue weighted by Crippen LogP contribution is 2.43. The fraction of sp³-hybridized carbons (Fsp3) is 0.692. The molecule has 0 saturated heterocycles. The number of carbonyl (C=O) groups excluding carboxylic acids is 2. The zero-order chi connectivity index (χ0) is 54.5. The highest BCUT2D eigenvalue weighted by atomic mass is 31.2. The van der Waals surface area contributed by atoms with Gasteiger partial charge in [-0.05, 0) is 83.5 Å². The van der Waals surface area contributed by atoms with E-state index < -0.39 is 26.5 Å². The predicted molar refractivity (Wildman–Crippen MR) is 321 cm³/mol. The van der Waals surface area contributed by atoms with Crippen LogP contribution in [0.3, 0.4) is 0 Å². The number of phosphoric acid groups is 1. The van der Waals surface area contributed by atoms with Crippen molar-refractivity contribution in [2.45, 2.75) is 264 Å². The first-order chi connectivity index (χ1) is 36.8. The van der Waals surface area contributed by atoms with E-state index in [1.807, 2.05) is 0 Å². The molecule has 0 aromatic carbocycles. The third kappa shape index (κ3) is 59.8. The Morgan fingerprint density at radius 2 is 0.733 bits per heavy atom. The molecule has 0 radical (unpaired) electrons. The number of esters is 2. The molecule has 9 nitrogen and oxygen atoms in total. The van der Waals surface area contributed by atoms with Gasteiger partial charge in [0.05, 0.1) is 13.2 Å². The van der Waals surface area contributed by atoms with Crippen molar-refractivity contribution in [2.24, 2.45) is 5.73 Å². The standard InChI is InChI=1S/C65H112NO8P/c1-3-5-7-9-11-13-15-17-19-21-23-24-25-26-27-28-29-30-31-32-33-34-35-36-37-38-40-42-44-46-48-50-52-54-56-58-65(68)74-63(62-73-75(69,70)72-60-59-66)61-71-64(67)57-55-53-51-49-47-45-43-41-39-22-20-18-16-14-12-10-8-6-4-2/h5,7,11,13,17,19,23-24,26-27,29-30,32-33,35-36,38,40,63H,3-4,6,8-10,12,14-16,18,20-22,25,28,31,34,37,39,41-62,66H2,1-2H3,(H,69,70)/b7-5-,13-11-,19-17-,24-23-,27-26-,30-29-,33-32-,36-35-,40-38-. The van der Waals surface area contributed by atoms with Crippen LogP contribution in [0.1, 0.15) is 258 Å². The van der Waals surface area contributed by atoms with E-state index in [0.717, 1.165) is 103 Å². The lowest BCUT2D eigenvalue weighted by Gasteiger charge is -2.19. The second kappa shape index (κ2) is 59.9. The average molecular weight is 1070 g/mol. The summed E-state index contributed by atoms with van der Waals surface area (Å²) in [6, 6.07) is 0. The first-order valence-electron chi connectivity index (χ1n) is 30.4. The molecule has 75 heavy (non-hydrogen) atoms. The van der Waals surface area contributed by atoms with Crippen molar-refractivity contribution in [1.82, 2.24) is 0 Å². The monoisotopic (exact) mass is 1070 g/mol. The van der Waals surface area contributed by atoms with Gasteiger partial charge in [0.1, 0.15) is 6.61 Å². The zero-order valence-corrected chi connectivity index (χ0v) is 48.9. The van der Waals surface area contributed by atoms with Crippen LogP contribution in [0.5, 0.6) is 0 Å². The smallest absolute Gasteiger partial charge is 0.462 e. The second-order valence-corrected chi connectivity index (χ2v) is 21.3. The van der Waals surface area contributed by atoms with Crippen LogP contribution < -0.4 is 5.73 Å². The minimum Gasteiger partial charge on any atom is -0.462 e. The molecule has 0 spiro atoms. The van der Waals surface area contributed by atoms with Gasteiger partial charge in [0, 0.05) is 19.4 Å². The summed E-state index contributed by atoms with van der Waals surface area (Å²) in [6.45, 7) is 3.63. The van der Waals surface area contributed by atoms with Crippen LogP contribution in [-0.2, 0) is 32.7 Å². The molecule has 0 saturated carbocycles. The highest BCUT2D eigenvalue weighted by molar-refractivity contribution is 7.47. The number of hydrogen-bond donors (Lipinski definition) is 2. The quantitative estimate of drug-likeness (QED) is 0.0264. The normalized spacial score (nSPS) is 13.8. The molecular weight excluding hydrogens is 954 g/mol. The van der Waals surface area contributed by atoms with Crippen LogP contribution in [0.15, 0.2) is 109 Å². The maximum absolute atomic E-state index is 12.7. The van der Waals surface area contributed by atoms with Crippen molar-refractivity contribution >= 4 is 19.8 Å². The molecule has 10 heteroatoms. The minimum absolute atomic E-state index is 0.0476. The lowest BCUT2D eigenvalue weighted by Crippen LogP contribution is -2.29. The first-order valence-corrected chi connectivity index (χ1v) is 31.9. The third-order valence-electron chi connectivity index (χ3n) is 12.7. The van der Waals surface area contributed by atoms with E-state index >= 15 is 0 Å². The van der Waals surface area contributed by atoms with Gasteiger partial charge in [-0.3, -0.25) is 18.6 Å². The van der Waals surface area contributed by atoms with Crippen LogP contribution >= 0.6 is 7.82 Å². The number of nitrogens with two attached hydrogens (primary N) is 1. The van der Waals surface area contributed by atoms with E-state index in [4.69, 9.17) is 24.3 Å². The summed E-state index contributed by atoms with van der Waals surface area (Å²) in [5, 5.41) is 0. The van der Waals surface area contributed by atoms with Gasteiger partial charge >= 0.3 is 19.8 Å². The number of hydrogen-bond acceptors (Lipinski definition) is 8. The summed E-state index contributed by atoms with van der Waals surface area (Å²) >= 11 is 0. The molecule has 0 aliphatic carbocycles. The van der Waals surface area contributed by atoms with E-state index in [9.17, 15) is 19.0 Å². The molecule has 430 valence electrons. The Labute approximate surface area is 460 Å². The fourth-order valence-electron chi connectivity index (χ4n) is 8.22. The summed E-state index contributed by atoms with van der Waals surface area (Å²) in [5.41, 5.74) is 5.38. The van der Waals surface area contributed by atoms with E-state index in [-0.39, 0.29) is 38.6 Å². The Morgan fingerprint density at radius 1 is 0.413 bits per heavy atom. The Kier molecular flexibility index (Phi) is 57.2. The molecule has 3 N–H and O–H groups in total. The van der Waals surface area contributed by atoms with Gasteiger partial charge in [-0.2, -0.15) is 0 Å². The molecule has 2 unspecified atom stereocenters. The summed E-state index contributed by atoms with van der Waals surface area (Å²) in [7, 11) is -4.40. The summed E-state index contributed by atoms with van der Waals surface area (Å²) in [4.78, 5) is 35.2. The molecule has 0 aliphatic heterocycles. The van der Waals surface area contributed by atoms with Crippen LogP contribution in [0, 0.1) is 0 Å². The molecule has 0 amide bonds. The van der Waals surface area contributed by atoms with Crippen molar-refractivity contribution in [3.63, 3.8) is 0 Å². The van der Waals surface area contributed by atoms with Gasteiger partial charge in [0.2, 0.25) is 0 Å². The fourth-order valence-corrected chi connectivity index (χ4v) is 8.98. The molecule has 2 atom stereocenters. The van der Waals surface area contributed by atoms with Crippen LogP contribution in [0.4, 0.5) is 0 Å². The second-order valence-electron chi connectivity index (χ2n) is 19.8. The van der Waals surface area contributed by atoms with Gasteiger partial charge in [0.15, 0.2) is 6.10 Å². The maximum Gasteiger partial charge on any atom is 0.472 e. The van der Waals surface area contributed by atoms with Gasteiger partial charge in [-0.25, -0.2) is 4.57 Å². The van der Waals surface area contributed by atoms with E-state index in [1.54, 1.807) is 0 Å². The van der Waals surface area contributed by atoms with Crippen molar-refractivity contribution in [1.29, 1.82) is 0 Å². The molecule has 0 rings (SSSR count). The number of phosphoric ester groups is 1. The topological polar surface area (TPSA) is 134 Å². The Morgan fingerprint density at radius 3 is 1.09 bits per heavy atom. The predicted octanol–water partition coefficient (Wildman–Crippen LogP) is 19.4. The van der Waals surface area contributed by atoms with Crippen molar-refractivity contribution < 1.29 is 37.6 Å². The average Bonchev–Trinajstić information content (AvgIpc) is 3.40. The van der Waals surface area contributed by atoms with Crippen LogP contribution in [0.25, 0.3) is 0 Å². The Hall–Kier alpha value is -3.33. The van der Waals surface area contributed by atoms with Crippen molar-refractivity contribution in [3.8, 4) is 0 Å². The molecule has 0 heterocycles. The van der Waals surface area contributed by atoms with Gasteiger partial charge in [0.25, 0.3) is 0 Å². The maximum atomic E-state index is 12.7. The summed E-state index contributed by atoms with van der Waals surface area (Å²) in [6.07, 6.45) is 81.4. The molecule has 0 aromatic heterocycles. The number of unbranched alkanes of at least 4 members (excludes halogenated alkanes) is 25. The van der Waals surface area contributed by atoms with Crippen molar-refractivity contribution in [2.75, 3.05) is 26.4 Å². The zero-order valence-electron chi connectivity index (χ0n) is 48.0. The van der Waals surface area contributed by atoms with Crippen LogP contribution in [-0.4, -0.2) is 49.3 Å². The van der Waals surface area contributed by atoms with Gasteiger partial charge < -0.3 is 20.1 Å². The minimum atomic E-state index is -4.40. The summed E-state index contributed by atoms with van der Waals surface area (Å²) in [5.74, 6) is -0.838. The lowest BCUT2D eigenvalue weighted by molar-refractivity contribution is -0.161. The van der Waals surface area contributed by atoms with E-state index in [1.165, 1.54) is 122 Å². The van der Waals surface area contributed by atoms with Gasteiger partial charge in [-0.15, -0.1) is 0 Å². The third-order valence-corrected chi connectivity index (χ3v) is 13.7. The van der Waals surface area contributed by atoms with E-state index in [2.05, 4.69) is 123 Å². The van der Waals surface area contributed by atoms with Gasteiger partial charge in [-0.1, -0.05) is 271 Å². The molecule has 0 aromatic rings. The first kappa shape index (κ1) is 71.7. The SMILES string of the molecule is CC/C=C\C/C=C\C/C=C\C/C=C\C/C=C\C/C=C\C/C=C\C/C=C\C/C=C\CCCCCCCCCC(=O)OC(COC(=O)CCCCCCCCCCCCCCCCCCCCC)COP(=O)(O)OCCN. The Balaban J connectivity index is 4.01. The molecule has 0 fully saturated rings. The lowest BCUT2D eigenvalue weighted by atomic mass is 10.0. The number of carbonyl (C=O) groups is 2. The van der Waals surface area contributed by atoms with E-state index in [0.29, 0.717) is 6.42 Å². The number of rotatable bonds is 56. The van der Waals surface area contributed by atoms with Crippen molar-refractivity contribution in [3.05, 3.63) is 109 Å². The molecule has 0 bridgehead atoms. The largest absolute Gasteiger partial charge is 0.472 e. The highest BCUT2D eigenvalue weighted by Gasteiger charge is 2.26. The summed E-state index contributed by atoms with van der Waals surface area (Å²) < 4.78 is 33.0. The molecular formula is C65H112NO8P.